The van der Waals surface area contributed by atoms with E-state index in [-0.39, 0.29) is 43.7 Å². The lowest BCUT2D eigenvalue weighted by atomic mass is 10.1. The Hall–Kier alpha value is -2.70. The number of esters is 1. The maximum absolute atomic E-state index is 12.1. The molecule has 0 radical (unpaired) electrons. The number of carbonyl (C=O) groups is 4. The van der Waals surface area contributed by atoms with E-state index in [9.17, 15) is 19.2 Å². The molecular weight excluding hydrogens is 300 g/mol. The van der Waals surface area contributed by atoms with Crippen LogP contribution >= 0.6 is 0 Å². The average molecular weight is 318 g/mol. The molecule has 0 saturated heterocycles. The maximum atomic E-state index is 12.1. The molecule has 1 aromatic rings. The maximum Gasteiger partial charge on any atom is 0.307 e. The lowest BCUT2D eigenvalue weighted by Gasteiger charge is -2.13. The van der Waals surface area contributed by atoms with Gasteiger partial charge in [0.15, 0.2) is 0 Å². The molecule has 0 unspecified atom stereocenters. The number of ether oxygens (including phenoxy) is 1. The Bertz CT molecular complexity index is 606. The lowest BCUT2D eigenvalue weighted by molar-refractivity contribution is -0.140. The fraction of sp³-hybridized carbons (Fsp3) is 0.375. The van der Waals surface area contributed by atoms with Gasteiger partial charge < -0.3 is 10.1 Å². The number of nitrogens with zero attached hydrogens (tertiary/aromatic N) is 1. The molecule has 1 N–H and O–H groups in total. The quantitative estimate of drug-likeness (QED) is 0.591. The molecule has 23 heavy (non-hydrogen) atoms. The zero-order valence-corrected chi connectivity index (χ0v) is 12.8. The van der Waals surface area contributed by atoms with Gasteiger partial charge in [-0.25, -0.2) is 0 Å². The van der Waals surface area contributed by atoms with Gasteiger partial charge in [0, 0.05) is 19.5 Å². The zero-order chi connectivity index (χ0) is 16.8. The molecule has 7 heteroatoms. The molecule has 1 aliphatic heterocycles. The van der Waals surface area contributed by atoms with Gasteiger partial charge in [-0.05, 0) is 18.6 Å². The Balaban J connectivity index is 1.75. The molecule has 0 aromatic heterocycles. The molecule has 0 spiro atoms. The van der Waals surface area contributed by atoms with Gasteiger partial charge >= 0.3 is 5.97 Å². The van der Waals surface area contributed by atoms with E-state index in [1.807, 2.05) is 0 Å². The van der Waals surface area contributed by atoms with Crippen LogP contribution in [0.15, 0.2) is 24.3 Å². The van der Waals surface area contributed by atoms with Gasteiger partial charge in [0.1, 0.15) is 0 Å². The summed E-state index contributed by atoms with van der Waals surface area (Å²) >= 11 is 0. The van der Waals surface area contributed by atoms with Crippen molar-refractivity contribution < 1.29 is 23.9 Å². The van der Waals surface area contributed by atoms with E-state index >= 15 is 0 Å². The standard InChI is InChI=1S/C16H18N2O5/c1-23-14(20)8-9-17-13(19)7-4-10-18-15(21)11-5-2-3-6-12(11)16(18)22/h2-3,5-6H,4,7-10H2,1H3,(H,17,19). The molecule has 1 aliphatic rings. The summed E-state index contributed by atoms with van der Waals surface area (Å²) in [6.45, 7) is 0.398. The average Bonchev–Trinajstić information content (AvgIpc) is 2.80. The van der Waals surface area contributed by atoms with E-state index in [1.165, 1.54) is 7.11 Å². The first-order chi connectivity index (χ1) is 11.0. The van der Waals surface area contributed by atoms with Crippen molar-refractivity contribution in [3.05, 3.63) is 35.4 Å². The van der Waals surface area contributed by atoms with Crippen LogP contribution in [0.5, 0.6) is 0 Å². The van der Waals surface area contributed by atoms with Gasteiger partial charge in [0.05, 0.1) is 24.7 Å². The fourth-order valence-electron chi connectivity index (χ4n) is 2.33. The third-order valence-electron chi connectivity index (χ3n) is 3.54. The summed E-state index contributed by atoms with van der Waals surface area (Å²) in [6, 6.07) is 6.66. The Morgan fingerprint density at radius 3 is 2.26 bits per heavy atom. The first-order valence-corrected chi connectivity index (χ1v) is 7.33. The third-order valence-corrected chi connectivity index (χ3v) is 3.54. The highest BCUT2D eigenvalue weighted by Crippen LogP contribution is 2.22. The number of fused-ring (bicyclic) bond motifs is 1. The van der Waals surface area contributed by atoms with Crippen molar-refractivity contribution in [2.75, 3.05) is 20.2 Å². The smallest absolute Gasteiger partial charge is 0.307 e. The van der Waals surface area contributed by atoms with Gasteiger partial charge in [-0.15, -0.1) is 0 Å². The lowest BCUT2D eigenvalue weighted by Crippen LogP contribution is -2.32. The number of nitrogens with one attached hydrogen (secondary N) is 1. The predicted molar refractivity (Wildman–Crippen MR) is 80.7 cm³/mol. The van der Waals surface area contributed by atoms with Crippen LogP contribution < -0.4 is 5.32 Å². The Kier molecular flexibility index (Phi) is 5.46. The minimum Gasteiger partial charge on any atom is -0.469 e. The van der Waals surface area contributed by atoms with Crippen LogP contribution in [-0.4, -0.2) is 48.8 Å². The Labute approximate surface area is 133 Å². The number of methoxy groups -OCH3 is 1. The molecule has 1 aromatic carbocycles. The second-order valence-corrected chi connectivity index (χ2v) is 5.09. The van der Waals surface area contributed by atoms with E-state index in [0.717, 1.165) is 4.90 Å². The highest BCUT2D eigenvalue weighted by molar-refractivity contribution is 6.21. The van der Waals surface area contributed by atoms with Crippen LogP contribution in [-0.2, 0) is 14.3 Å². The van der Waals surface area contributed by atoms with Crippen LogP contribution in [0, 0.1) is 0 Å². The van der Waals surface area contributed by atoms with Crippen molar-refractivity contribution in [3.63, 3.8) is 0 Å². The van der Waals surface area contributed by atoms with Crippen LogP contribution in [0.25, 0.3) is 0 Å². The first-order valence-electron chi connectivity index (χ1n) is 7.33. The number of carbonyl (C=O) groups excluding carboxylic acids is 4. The summed E-state index contributed by atoms with van der Waals surface area (Å²) in [5.41, 5.74) is 0.806. The topological polar surface area (TPSA) is 92.8 Å². The van der Waals surface area contributed by atoms with E-state index in [1.54, 1.807) is 24.3 Å². The number of imide groups is 1. The number of rotatable bonds is 7. The normalized spacial score (nSPS) is 13.0. The van der Waals surface area contributed by atoms with Crippen LogP contribution in [0.2, 0.25) is 0 Å². The highest BCUT2D eigenvalue weighted by Gasteiger charge is 2.34. The van der Waals surface area contributed by atoms with Crippen LogP contribution in [0.4, 0.5) is 0 Å². The number of benzene rings is 1. The zero-order valence-electron chi connectivity index (χ0n) is 12.8. The van der Waals surface area contributed by atoms with E-state index in [4.69, 9.17) is 0 Å². The molecular formula is C16H18N2O5. The molecule has 0 atom stereocenters. The monoisotopic (exact) mass is 318 g/mol. The Morgan fingerprint density at radius 2 is 1.70 bits per heavy atom. The van der Waals surface area contributed by atoms with Crippen molar-refractivity contribution in [2.45, 2.75) is 19.3 Å². The van der Waals surface area contributed by atoms with Crippen molar-refractivity contribution in [1.29, 1.82) is 0 Å². The van der Waals surface area contributed by atoms with Crippen molar-refractivity contribution in [2.24, 2.45) is 0 Å². The molecule has 0 bridgehead atoms. The second kappa shape index (κ2) is 7.53. The van der Waals surface area contributed by atoms with Crippen LogP contribution in [0.1, 0.15) is 40.0 Å². The summed E-state index contributed by atoms with van der Waals surface area (Å²) in [6.07, 6.45) is 0.657. The molecule has 0 aliphatic carbocycles. The van der Waals surface area contributed by atoms with Gasteiger partial charge in [-0.3, -0.25) is 24.1 Å². The molecule has 3 amide bonds. The van der Waals surface area contributed by atoms with Crippen molar-refractivity contribution in [3.8, 4) is 0 Å². The molecule has 1 heterocycles. The Morgan fingerprint density at radius 1 is 1.09 bits per heavy atom. The van der Waals surface area contributed by atoms with E-state index in [0.29, 0.717) is 17.5 Å². The first kappa shape index (κ1) is 16.7. The van der Waals surface area contributed by atoms with E-state index < -0.39 is 5.97 Å². The minimum atomic E-state index is -0.392. The number of hydrogen-bond acceptors (Lipinski definition) is 5. The fourth-order valence-corrected chi connectivity index (χ4v) is 2.33. The predicted octanol–water partition coefficient (Wildman–Crippen LogP) is 0.742. The second-order valence-electron chi connectivity index (χ2n) is 5.09. The van der Waals surface area contributed by atoms with Crippen LogP contribution in [0.3, 0.4) is 0 Å². The van der Waals surface area contributed by atoms with Gasteiger partial charge in [0.2, 0.25) is 5.91 Å². The van der Waals surface area contributed by atoms with Gasteiger partial charge in [-0.2, -0.15) is 0 Å². The van der Waals surface area contributed by atoms with Gasteiger partial charge in [-0.1, -0.05) is 12.1 Å². The molecule has 7 nitrogen and oxygen atoms in total. The summed E-state index contributed by atoms with van der Waals surface area (Å²) in [7, 11) is 1.28. The van der Waals surface area contributed by atoms with E-state index in [2.05, 4.69) is 10.1 Å². The number of hydrogen-bond donors (Lipinski definition) is 1. The minimum absolute atomic E-state index is 0.112. The molecule has 122 valence electrons. The van der Waals surface area contributed by atoms with Crippen molar-refractivity contribution >= 4 is 23.7 Å². The number of amides is 3. The van der Waals surface area contributed by atoms with Crippen molar-refractivity contribution in [1.82, 2.24) is 10.2 Å². The third kappa shape index (κ3) is 3.94. The summed E-state index contributed by atoms with van der Waals surface area (Å²) in [4.78, 5) is 47.9. The summed E-state index contributed by atoms with van der Waals surface area (Å²) in [5.74, 6) is -1.27. The summed E-state index contributed by atoms with van der Waals surface area (Å²) < 4.78 is 4.46. The summed E-state index contributed by atoms with van der Waals surface area (Å²) in [5, 5.41) is 2.58. The largest absolute Gasteiger partial charge is 0.469 e. The molecule has 0 fully saturated rings. The SMILES string of the molecule is COC(=O)CCNC(=O)CCCN1C(=O)c2ccccc2C1=O. The molecule has 2 rings (SSSR count). The molecule has 0 saturated carbocycles. The van der Waals surface area contributed by atoms with Gasteiger partial charge in [0.25, 0.3) is 11.8 Å². The highest BCUT2D eigenvalue weighted by atomic mass is 16.5.